The Hall–Kier alpha value is -0.890. The van der Waals surface area contributed by atoms with E-state index in [1.54, 1.807) is 19.2 Å². The number of nitro groups is 1. The number of non-ortho nitro benzene ring substituents is 1. The highest BCUT2D eigenvalue weighted by atomic mass is 127. The second-order valence-electron chi connectivity index (χ2n) is 5.40. The van der Waals surface area contributed by atoms with Gasteiger partial charge >= 0.3 is 0 Å². The van der Waals surface area contributed by atoms with E-state index in [1.807, 2.05) is 0 Å². The molecule has 1 saturated carbocycles. The molecule has 1 aliphatic carbocycles. The molecule has 104 valence electrons. The second kappa shape index (κ2) is 5.24. The number of methoxy groups -OCH3 is 1. The third-order valence-electron chi connectivity index (χ3n) is 3.96. The second-order valence-corrected chi connectivity index (χ2v) is 6.56. The van der Waals surface area contributed by atoms with Crippen molar-refractivity contribution < 1.29 is 9.66 Å². The van der Waals surface area contributed by atoms with Gasteiger partial charge in [0.05, 0.1) is 11.0 Å². The molecule has 0 radical (unpaired) electrons. The van der Waals surface area contributed by atoms with Gasteiger partial charge in [-0.1, -0.05) is 13.8 Å². The fraction of sp³-hybridized carbons (Fsp3) is 0.538. The summed E-state index contributed by atoms with van der Waals surface area (Å²) in [5, 5.41) is 14.2. The maximum Gasteiger partial charge on any atom is 0.270 e. The predicted molar refractivity (Wildman–Crippen MR) is 82.4 cm³/mol. The Labute approximate surface area is 126 Å². The van der Waals surface area contributed by atoms with Crippen LogP contribution in [0.3, 0.4) is 0 Å². The van der Waals surface area contributed by atoms with Crippen molar-refractivity contribution in [3.63, 3.8) is 0 Å². The SMILES string of the molecule is COC1CC(Nc2ccc([N+](=O)[O-])cc2I)C1(C)C. The van der Waals surface area contributed by atoms with Gasteiger partial charge in [0.25, 0.3) is 5.69 Å². The molecular formula is C13H17IN2O3. The van der Waals surface area contributed by atoms with Crippen LogP contribution in [0.2, 0.25) is 0 Å². The summed E-state index contributed by atoms with van der Waals surface area (Å²) in [7, 11) is 1.73. The molecule has 5 nitrogen and oxygen atoms in total. The van der Waals surface area contributed by atoms with Gasteiger partial charge in [-0.15, -0.1) is 0 Å². The van der Waals surface area contributed by atoms with Gasteiger partial charge in [-0.25, -0.2) is 0 Å². The van der Waals surface area contributed by atoms with Gasteiger partial charge < -0.3 is 10.1 Å². The summed E-state index contributed by atoms with van der Waals surface area (Å²) in [4.78, 5) is 10.3. The van der Waals surface area contributed by atoms with E-state index in [1.165, 1.54) is 6.07 Å². The Bertz CT molecular complexity index is 505. The molecule has 1 N–H and O–H groups in total. The lowest BCUT2D eigenvalue weighted by molar-refractivity contribution is -0.384. The van der Waals surface area contributed by atoms with Gasteiger partial charge in [0.1, 0.15) is 0 Å². The zero-order valence-corrected chi connectivity index (χ0v) is 13.3. The minimum Gasteiger partial charge on any atom is -0.381 e. The Morgan fingerprint density at radius 2 is 2.21 bits per heavy atom. The molecule has 0 saturated heterocycles. The van der Waals surface area contributed by atoms with Crippen molar-refractivity contribution in [1.29, 1.82) is 0 Å². The summed E-state index contributed by atoms with van der Waals surface area (Å²) < 4.78 is 6.28. The average Bonchev–Trinajstić information content (AvgIpc) is 2.35. The van der Waals surface area contributed by atoms with Crippen LogP contribution in [0, 0.1) is 19.1 Å². The largest absolute Gasteiger partial charge is 0.381 e. The first-order chi connectivity index (χ1) is 8.86. The number of benzene rings is 1. The molecule has 2 atom stereocenters. The summed E-state index contributed by atoms with van der Waals surface area (Å²) in [5.74, 6) is 0. The molecule has 1 fully saturated rings. The van der Waals surface area contributed by atoms with E-state index in [4.69, 9.17) is 4.74 Å². The molecule has 0 spiro atoms. The number of ether oxygens (including phenoxy) is 1. The van der Waals surface area contributed by atoms with E-state index in [2.05, 4.69) is 41.8 Å². The molecule has 0 amide bonds. The maximum atomic E-state index is 10.7. The van der Waals surface area contributed by atoms with Crippen molar-refractivity contribution in [3.8, 4) is 0 Å². The molecule has 0 heterocycles. The maximum absolute atomic E-state index is 10.7. The fourth-order valence-electron chi connectivity index (χ4n) is 2.45. The number of nitro benzene ring substituents is 1. The van der Waals surface area contributed by atoms with Crippen LogP contribution in [-0.4, -0.2) is 24.2 Å². The number of nitrogens with zero attached hydrogens (tertiary/aromatic N) is 1. The zero-order chi connectivity index (χ0) is 14.2. The van der Waals surface area contributed by atoms with Crippen LogP contribution >= 0.6 is 22.6 Å². The van der Waals surface area contributed by atoms with Gasteiger partial charge in [0, 0.05) is 40.0 Å². The van der Waals surface area contributed by atoms with Crippen LogP contribution in [-0.2, 0) is 4.74 Å². The highest BCUT2D eigenvalue weighted by molar-refractivity contribution is 14.1. The third kappa shape index (κ3) is 2.69. The predicted octanol–water partition coefficient (Wildman–Crippen LogP) is 3.42. The first kappa shape index (κ1) is 14.5. The number of halogens is 1. The van der Waals surface area contributed by atoms with Crippen LogP contribution in [0.5, 0.6) is 0 Å². The van der Waals surface area contributed by atoms with Crippen molar-refractivity contribution in [2.24, 2.45) is 5.41 Å². The quantitative estimate of drug-likeness (QED) is 0.497. The topological polar surface area (TPSA) is 64.4 Å². The molecule has 19 heavy (non-hydrogen) atoms. The first-order valence-electron chi connectivity index (χ1n) is 6.09. The van der Waals surface area contributed by atoms with Crippen molar-refractivity contribution >= 4 is 34.0 Å². The number of anilines is 1. The van der Waals surface area contributed by atoms with E-state index in [0.717, 1.165) is 15.7 Å². The highest BCUT2D eigenvalue weighted by Gasteiger charge is 2.48. The lowest BCUT2D eigenvalue weighted by atomic mass is 9.64. The van der Waals surface area contributed by atoms with E-state index in [9.17, 15) is 10.1 Å². The summed E-state index contributed by atoms with van der Waals surface area (Å²) in [5.41, 5.74) is 1.14. The molecule has 0 bridgehead atoms. The van der Waals surface area contributed by atoms with Crippen molar-refractivity contribution in [2.45, 2.75) is 32.4 Å². The standard InChI is InChI=1S/C13H17IN2O3/c1-13(2)11(7-12(13)19-3)15-10-5-4-8(16(17)18)6-9(10)14/h4-6,11-12,15H,7H2,1-3H3. The summed E-state index contributed by atoms with van der Waals surface area (Å²) in [6, 6.07) is 5.22. The van der Waals surface area contributed by atoms with Gasteiger partial charge in [-0.05, 0) is 35.1 Å². The van der Waals surface area contributed by atoms with Gasteiger partial charge in [-0.3, -0.25) is 10.1 Å². The van der Waals surface area contributed by atoms with Crippen molar-refractivity contribution in [1.82, 2.24) is 0 Å². The smallest absolute Gasteiger partial charge is 0.270 e. The van der Waals surface area contributed by atoms with Crippen LogP contribution in [0.1, 0.15) is 20.3 Å². The van der Waals surface area contributed by atoms with Crippen LogP contribution < -0.4 is 5.32 Å². The highest BCUT2D eigenvalue weighted by Crippen LogP contribution is 2.44. The number of rotatable bonds is 4. The van der Waals surface area contributed by atoms with Gasteiger partial charge in [0.15, 0.2) is 0 Å². The summed E-state index contributed by atoms with van der Waals surface area (Å²) >= 11 is 2.12. The van der Waals surface area contributed by atoms with Crippen LogP contribution in [0.15, 0.2) is 18.2 Å². The van der Waals surface area contributed by atoms with Crippen LogP contribution in [0.4, 0.5) is 11.4 Å². The molecule has 1 aromatic rings. The zero-order valence-electron chi connectivity index (χ0n) is 11.1. The fourth-order valence-corrected chi connectivity index (χ4v) is 3.11. The Kier molecular flexibility index (Phi) is 4.00. The molecule has 1 aliphatic rings. The Morgan fingerprint density at radius 3 is 2.68 bits per heavy atom. The molecule has 1 aromatic carbocycles. The van der Waals surface area contributed by atoms with E-state index >= 15 is 0 Å². The molecular weight excluding hydrogens is 359 g/mol. The number of hydrogen-bond acceptors (Lipinski definition) is 4. The third-order valence-corrected chi connectivity index (χ3v) is 4.85. The Morgan fingerprint density at radius 1 is 1.53 bits per heavy atom. The van der Waals surface area contributed by atoms with Crippen LogP contribution in [0.25, 0.3) is 0 Å². The minimum atomic E-state index is -0.375. The van der Waals surface area contributed by atoms with Crippen molar-refractivity contribution in [2.75, 3.05) is 12.4 Å². The minimum absolute atomic E-state index is 0.0691. The monoisotopic (exact) mass is 376 g/mol. The molecule has 2 unspecified atom stereocenters. The normalized spacial score (nSPS) is 24.6. The average molecular weight is 376 g/mol. The first-order valence-corrected chi connectivity index (χ1v) is 7.17. The lowest BCUT2D eigenvalue weighted by Gasteiger charge is -2.51. The van der Waals surface area contributed by atoms with Crippen molar-refractivity contribution in [3.05, 3.63) is 31.9 Å². The molecule has 0 aromatic heterocycles. The van der Waals surface area contributed by atoms with E-state index < -0.39 is 0 Å². The van der Waals surface area contributed by atoms with Gasteiger partial charge in [0.2, 0.25) is 0 Å². The van der Waals surface area contributed by atoms with E-state index in [-0.39, 0.29) is 22.1 Å². The molecule has 6 heteroatoms. The Balaban J connectivity index is 2.11. The summed E-state index contributed by atoms with van der Waals surface area (Å²) in [6.45, 7) is 4.33. The lowest BCUT2D eigenvalue weighted by Crippen LogP contribution is -2.57. The number of nitrogens with one attached hydrogen (secondary N) is 1. The molecule has 2 rings (SSSR count). The molecule has 0 aliphatic heterocycles. The van der Waals surface area contributed by atoms with E-state index in [0.29, 0.717) is 6.04 Å². The number of hydrogen-bond donors (Lipinski definition) is 1. The summed E-state index contributed by atoms with van der Waals surface area (Å²) in [6.07, 6.45) is 1.22. The van der Waals surface area contributed by atoms with Gasteiger partial charge in [-0.2, -0.15) is 0 Å².